The lowest BCUT2D eigenvalue weighted by atomic mass is 10.2. The van der Waals surface area contributed by atoms with Crippen molar-refractivity contribution in [2.24, 2.45) is 0 Å². The zero-order valence-electron chi connectivity index (χ0n) is 4.85. The first-order valence-corrected chi connectivity index (χ1v) is 2.63. The van der Waals surface area contributed by atoms with Gasteiger partial charge in [-0.05, 0) is 11.6 Å². The fourth-order valence-corrected chi connectivity index (χ4v) is 0.357. The maximum Gasteiger partial charge on any atom is 0.453 e. The summed E-state index contributed by atoms with van der Waals surface area (Å²) in [5.74, 6) is -2.56. The second kappa shape index (κ2) is 3.19. The minimum Gasteiger partial charge on any atom is -0.376 e. The van der Waals surface area contributed by atoms with Crippen LogP contribution in [0, 0.1) is 0 Å². The Labute approximate surface area is 63.8 Å². The molecule has 0 bridgehead atoms. The number of aliphatic hydroxyl groups is 1. The van der Waals surface area contributed by atoms with Crippen molar-refractivity contribution in [2.45, 2.75) is 12.3 Å². The molecule has 0 rings (SSSR count). The number of carbonyl (C=O) groups excluding carboxylic acids is 2. The molecule has 0 aromatic rings. The third-order valence-corrected chi connectivity index (χ3v) is 0.949. The van der Waals surface area contributed by atoms with E-state index in [0.717, 1.165) is 0 Å². The highest BCUT2D eigenvalue weighted by atomic mass is 35.5. The van der Waals surface area contributed by atoms with Crippen LogP contribution in [0.5, 0.6) is 0 Å². The summed E-state index contributed by atoms with van der Waals surface area (Å²) in [4.78, 5) is 19.8. The predicted molar refractivity (Wildman–Crippen MR) is 27.9 cm³/mol. The molecule has 1 unspecified atom stereocenters. The van der Waals surface area contributed by atoms with Gasteiger partial charge in [0.1, 0.15) is 0 Å². The van der Waals surface area contributed by atoms with Gasteiger partial charge in [0.05, 0.1) is 0 Å². The van der Waals surface area contributed by atoms with E-state index in [1.807, 2.05) is 0 Å². The molecule has 0 fully saturated rings. The molecule has 0 aliphatic heterocycles. The van der Waals surface area contributed by atoms with E-state index in [0.29, 0.717) is 0 Å². The number of Topliss-reactive ketones (excluding diaryl/α,β-unsaturated/α-hetero) is 1. The molecule has 0 radical (unpaired) electrons. The Balaban J connectivity index is 4.39. The van der Waals surface area contributed by atoms with Crippen molar-refractivity contribution in [1.29, 1.82) is 0 Å². The van der Waals surface area contributed by atoms with Crippen LogP contribution in [0.15, 0.2) is 0 Å². The average Bonchev–Trinajstić information content (AvgIpc) is 1.82. The smallest absolute Gasteiger partial charge is 0.376 e. The van der Waals surface area contributed by atoms with Gasteiger partial charge in [0, 0.05) is 0 Å². The van der Waals surface area contributed by atoms with Gasteiger partial charge in [-0.2, -0.15) is 13.2 Å². The van der Waals surface area contributed by atoms with Crippen molar-refractivity contribution in [3.05, 3.63) is 0 Å². The van der Waals surface area contributed by atoms with E-state index in [1.165, 1.54) is 0 Å². The van der Waals surface area contributed by atoms with Crippen molar-refractivity contribution in [2.75, 3.05) is 0 Å². The lowest BCUT2D eigenvalue weighted by Crippen LogP contribution is -2.37. The maximum atomic E-state index is 11.3. The second-order valence-electron chi connectivity index (χ2n) is 1.57. The van der Waals surface area contributed by atoms with Crippen LogP contribution in [0.25, 0.3) is 0 Å². The molecule has 1 N–H and O–H groups in total. The first kappa shape index (κ1) is 10.4. The molecule has 0 saturated carbocycles. The number of ketones is 1. The van der Waals surface area contributed by atoms with E-state index in [4.69, 9.17) is 5.11 Å². The molecular weight excluding hydrogens is 188 g/mol. The monoisotopic (exact) mass is 190 g/mol. The van der Waals surface area contributed by atoms with Gasteiger partial charge in [0.15, 0.2) is 6.10 Å². The molecule has 0 heterocycles. The summed E-state index contributed by atoms with van der Waals surface area (Å²) >= 11 is 4.42. The zero-order chi connectivity index (χ0) is 9.23. The molecule has 3 nitrogen and oxygen atoms in total. The first-order chi connectivity index (χ1) is 4.76. The van der Waals surface area contributed by atoms with Crippen LogP contribution in [-0.4, -0.2) is 28.4 Å². The SMILES string of the molecule is O=C(Cl)C(O)C(=O)C(F)(F)F. The lowest BCUT2D eigenvalue weighted by Gasteiger charge is -2.06. The highest BCUT2D eigenvalue weighted by Crippen LogP contribution is 2.18. The Kier molecular flexibility index (Phi) is 3.01. The number of halogens is 4. The quantitative estimate of drug-likeness (QED) is 0.501. The highest BCUT2D eigenvalue weighted by Gasteiger charge is 2.45. The number of hydrogen-bond donors (Lipinski definition) is 1. The van der Waals surface area contributed by atoms with Gasteiger partial charge < -0.3 is 5.11 Å². The first-order valence-electron chi connectivity index (χ1n) is 2.25. The Morgan fingerprint density at radius 2 is 1.73 bits per heavy atom. The lowest BCUT2D eigenvalue weighted by molar-refractivity contribution is -0.180. The van der Waals surface area contributed by atoms with Crippen LogP contribution in [0.2, 0.25) is 0 Å². The zero-order valence-corrected chi connectivity index (χ0v) is 5.61. The van der Waals surface area contributed by atoms with Crippen molar-refractivity contribution >= 4 is 22.6 Å². The van der Waals surface area contributed by atoms with Crippen LogP contribution in [-0.2, 0) is 9.59 Å². The minimum absolute atomic E-state index is 1.74. The number of aliphatic hydroxyl groups excluding tert-OH is 1. The molecule has 0 amide bonds. The molecule has 64 valence electrons. The van der Waals surface area contributed by atoms with Gasteiger partial charge in [-0.3, -0.25) is 9.59 Å². The summed E-state index contributed by atoms with van der Waals surface area (Å²) in [5, 5.41) is 6.44. The fourth-order valence-electron chi connectivity index (χ4n) is 0.258. The van der Waals surface area contributed by atoms with E-state index in [2.05, 4.69) is 11.6 Å². The van der Waals surface area contributed by atoms with Crippen LogP contribution >= 0.6 is 11.6 Å². The van der Waals surface area contributed by atoms with Crippen molar-refractivity contribution in [3.63, 3.8) is 0 Å². The fraction of sp³-hybridized carbons (Fsp3) is 0.500. The van der Waals surface area contributed by atoms with Gasteiger partial charge in [-0.15, -0.1) is 0 Å². The number of carbonyl (C=O) groups is 2. The van der Waals surface area contributed by atoms with Crippen LogP contribution < -0.4 is 0 Å². The van der Waals surface area contributed by atoms with Gasteiger partial charge >= 0.3 is 6.18 Å². The summed E-state index contributed by atoms with van der Waals surface area (Å²) in [6, 6.07) is 0. The summed E-state index contributed by atoms with van der Waals surface area (Å²) in [6.45, 7) is 0. The molecule has 0 aliphatic rings. The molecule has 0 saturated heterocycles. The van der Waals surface area contributed by atoms with Gasteiger partial charge in [-0.25, -0.2) is 0 Å². The van der Waals surface area contributed by atoms with Crippen LogP contribution in [0.3, 0.4) is 0 Å². The number of hydrogen-bond acceptors (Lipinski definition) is 3. The normalized spacial score (nSPS) is 14.3. The second-order valence-corrected chi connectivity index (χ2v) is 1.94. The third kappa shape index (κ3) is 2.85. The number of rotatable bonds is 2. The summed E-state index contributed by atoms with van der Waals surface area (Å²) in [7, 11) is 0. The van der Waals surface area contributed by atoms with E-state index in [1.54, 1.807) is 0 Å². The van der Waals surface area contributed by atoms with Crippen LogP contribution in [0.4, 0.5) is 13.2 Å². The van der Waals surface area contributed by atoms with Crippen LogP contribution in [0.1, 0.15) is 0 Å². The molecule has 1 atom stereocenters. The third-order valence-electron chi connectivity index (χ3n) is 0.743. The summed E-state index contributed by atoms with van der Waals surface area (Å²) in [6.07, 6.45) is -8.04. The summed E-state index contributed by atoms with van der Waals surface area (Å²) in [5.41, 5.74) is 0. The summed E-state index contributed by atoms with van der Waals surface area (Å²) < 4.78 is 34.0. The maximum absolute atomic E-state index is 11.3. The van der Waals surface area contributed by atoms with Gasteiger partial charge in [0.25, 0.3) is 11.0 Å². The Hall–Kier alpha value is -0.620. The molecule has 0 aliphatic carbocycles. The molecule has 11 heavy (non-hydrogen) atoms. The van der Waals surface area contributed by atoms with E-state index in [9.17, 15) is 22.8 Å². The van der Waals surface area contributed by atoms with Gasteiger partial charge in [-0.1, -0.05) is 0 Å². The van der Waals surface area contributed by atoms with E-state index in [-0.39, 0.29) is 0 Å². The molecular formula is C4H2ClF3O3. The topological polar surface area (TPSA) is 54.4 Å². The molecule has 0 aromatic carbocycles. The van der Waals surface area contributed by atoms with E-state index >= 15 is 0 Å². The Bertz CT molecular complexity index is 188. The standard InChI is InChI=1S/C4H2ClF3O3/c5-3(11)1(9)2(10)4(6,7)8/h1,9H. The molecule has 0 spiro atoms. The number of alkyl halides is 3. The Morgan fingerprint density at radius 3 is 1.82 bits per heavy atom. The largest absolute Gasteiger partial charge is 0.453 e. The van der Waals surface area contributed by atoms with Gasteiger partial charge in [0.2, 0.25) is 0 Å². The highest BCUT2D eigenvalue weighted by molar-refractivity contribution is 6.66. The van der Waals surface area contributed by atoms with Crippen molar-refractivity contribution in [3.8, 4) is 0 Å². The predicted octanol–water partition coefficient (Wildman–Crippen LogP) is 0.244. The average molecular weight is 191 g/mol. The molecule has 0 aromatic heterocycles. The van der Waals surface area contributed by atoms with E-state index < -0.39 is 23.3 Å². The Morgan fingerprint density at radius 1 is 1.36 bits per heavy atom. The molecule has 7 heteroatoms. The minimum atomic E-state index is -5.23. The van der Waals surface area contributed by atoms with Crippen molar-refractivity contribution < 1.29 is 27.9 Å². The van der Waals surface area contributed by atoms with Crippen molar-refractivity contribution in [1.82, 2.24) is 0 Å².